The van der Waals surface area contributed by atoms with Crippen LogP contribution in [0.1, 0.15) is 10.6 Å². The Morgan fingerprint density at radius 3 is 3.06 bits per heavy atom. The molecule has 0 atom stereocenters. The second kappa shape index (κ2) is 6.30. The Hall–Kier alpha value is -1.32. The fourth-order valence-electron chi connectivity index (χ4n) is 1.41. The van der Waals surface area contributed by atoms with Crippen molar-refractivity contribution in [3.8, 4) is 0 Å². The van der Waals surface area contributed by atoms with Crippen LogP contribution in [0.5, 0.6) is 0 Å². The normalized spacial score (nSPS) is 11.2. The van der Waals surface area contributed by atoms with E-state index in [4.69, 9.17) is 4.42 Å². The van der Waals surface area contributed by atoms with E-state index in [1.807, 2.05) is 29.5 Å². The zero-order chi connectivity index (χ0) is 11.1. The van der Waals surface area contributed by atoms with Crippen LogP contribution >= 0.6 is 11.3 Å². The molecule has 2 aromatic heterocycles. The molecule has 0 saturated carbocycles. The van der Waals surface area contributed by atoms with Crippen molar-refractivity contribution in [1.82, 2.24) is 5.32 Å². The van der Waals surface area contributed by atoms with Gasteiger partial charge in [-0.25, -0.2) is 0 Å². The Kier molecular flexibility index (Phi) is 4.40. The molecule has 2 nitrogen and oxygen atoms in total. The fourth-order valence-corrected chi connectivity index (χ4v) is 2.12. The van der Waals surface area contributed by atoms with Gasteiger partial charge in [0, 0.05) is 18.0 Å². The summed E-state index contributed by atoms with van der Waals surface area (Å²) in [4.78, 5) is 1.43. The molecule has 0 radical (unpaired) electrons. The Morgan fingerprint density at radius 1 is 1.31 bits per heavy atom. The third-order valence-corrected chi connectivity index (χ3v) is 3.15. The summed E-state index contributed by atoms with van der Waals surface area (Å²) >= 11 is 1.81. The van der Waals surface area contributed by atoms with Gasteiger partial charge >= 0.3 is 0 Å². The first-order valence-electron chi connectivity index (χ1n) is 5.38. The van der Waals surface area contributed by atoms with Gasteiger partial charge in [-0.1, -0.05) is 12.1 Å². The maximum absolute atomic E-state index is 5.19. The molecular formula is C13H15NOS. The lowest BCUT2D eigenvalue weighted by atomic mass is 10.3. The average molecular weight is 233 g/mol. The zero-order valence-corrected chi connectivity index (χ0v) is 9.87. The van der Waals surface area contributed by atoms with Gasteiger partial charge in [0.1, 0.15) is 5.76 Å². The quantitative estimate of drug-likeness (QED) is 0.775. The fraction of sp³-hybridized carbons (Fsp3) is 0.231. The Balaban J connectivity index is 1.59. The number of furan rings is 1. The van der Waals surface area contributed by atoms with E-state index in [1.165, 1.54) is 4.88 Å². The van der Waals surface area contributed by atoms with Crippen molar-refractivity contribution in [2.45, 2.75) is 6.42 Å². The van der Waals surface area contributed by atoms with Gasteiger partial charge < -0.3 is 9.73 Å². The third kappa shape index (κ3) is 3.68. The molecule has 16 heavy (non-hydrogen) atoms. The maximum atomic E-state index is 5.19. The molecule has 0 aliphatic rings. The van der Waals surface area contributed by atoms with Crippen LogP contribution in [0.3, 0.4) is 0 Å². The van der Waals surface area contributed by atoms with Crippen molar-refractivity contribution >= 4 is 17.4 Å². The lowest BCUT2D eigenvalue weighted by Gasteiger charge is -1.98. The standard InChI is InChI=1S/C13H15NOS/c1(4-12-5-2-10-15-12)8-14-9-7-13-6-3-11-16-13/h1-6,10-11,14H,7-9H2/b4-1+. The highest BCUT2D eigenvalue weighted by Crippen LogP contribution is 2.08. The van der Waals surface area contributed by atoms with E-state index in [1.54, 1.807) is 6.26 Å². The topological polar surface area (TPSA) is 25.2 Å². The van der Waals surface area contributed by atoms with Gasteiger partial charge in [-0.15, -0.1) is 11.3 Å². The maximum Gasteiger partial charge on any atom is 0.126 e. The van der Waals surface area contributed by atoms with E-state index >= 15 is 0 Å². The molecule has 2 heterocycles. The number of thiophene rings is 1. The summed E-state index contributed by atoms with van der Waals surface area (Å²) in [6.07, 6.45) is 6.85. The van der Waals surface area contributed by atoms with Crippen molar-refractivity contribution in [2.75, 3.05) is 13.1 Å². The highest BCUT2D eigenvalue weighted by molar-refractivity contribution is 7.09. The summed E-state index contributed by atoms with van der Waals surface area (Å²) in [5, 5.41) is 5.48. The lowest BCUT2D eigenvalue weighted by Crippen LogP contribution is -2.16. The molecule has 0 bridgehead atoms. The van der Waals surface area contributed by atoms with Gasteiger partial charge in [-0.05, 0) is 36.1 Å². The molecule has 0 amide bonds. The van der Waals surface area contributed by atoms with E-state index in [2.05, 4.69) is 28.9 Å². The highest BCUT2D eigenvalue weighted by atomic mass is 32.1. The highest BCUT2D eigenvalue weighted by Gasteiger charge is 1.92. The van der Waals surface area contributed by atoms with E-state index < -0.39 is 0 Å². The lowest BCUT2D eigenvalue weighted by molar-refractivity contribution is 0.556. The Morgan fingerprint density at radius 2 is 2.31 bits per heavy atom. The molecule has 84 valence electrons. The number of rotatable bonds is 6. The minimum absolute atomic E-state index is 0.881. The molecule has 2 aromatic rings. The smallest absolute Gasteiger partial charge is 0.126 e. The molecule has 0 fully saturated rings. The first kappa shape index (κ1) is 11.2. The molecule has 0 aliphatic heterocycles. The second-order valence-electron chi connectivity index (χ2n) is 3.45. The second-order valence-corrected chi connectivity index (χ2v) is 4.48. The van der Waals surface area contributed by atoms with Gasteiger partial charge in [0.15, 0.2) is 0 Å². The molecule has 0 unspecified atom stereocenters. The average Bonchev–Trinajstić information content (AvgIpc) is 2.96. The number of hydrogen-bond donors (Lipinski definition) is 1. The Labute approximate surface area is 99.6 Å². The van der Waals surface area contributed by atoms with Crippen LogP contribution in [0.4, 0.5) is 0 Å². The summed E-state index contributed by atoms with van der Waals surface area (Å²) in [5.41, 5.74) is 0. The number of hydrogen-bond acceptors (Lipinski definition) is 3. The summed E-state index contributed by atoms with van der Waals surface area (Å²) < 4.78 is 5.19. The van der Waals surface area contributed by atoms with E-state index in [0.717, 1.165) is 25.3 Å². The van der Waals surface area contributed by atoms with Crippen LogP contribution in [0.15, 0.2) is 46.4 Å². The van der Waals surface area contributed by atoms with Crippen LogP contribution in [0.2, 0.25) is 0 Å². The molecule has 0 aromatic carbocycles. The van der Waals surface area contributed by atoms with E-state index in [-0.39, 0.29) is 0 Å². The summed E-state index contributed by atoms with van der Waals surface area (Å²) in [5.74, 6) is 0.903. The van der Waals surface area contributed by atoms with Crippen molar-refractivity contribution in [2.24, 2.45) is 0 Å². The molecule has 2 rings (SSSR count). The van der Waals surface area contributed by atoms with Gasteiger partial charge in [-0.2, -0.15) is 0 Å². The first-order valence-corrected chi connectivity index (χ1v) is 6.26. The molecule has 0 aliphatic carbocycles. The van der Waals surface area contributed by atoms with Crippen LogP contribution in [-0.4, -0.2) is 13.1 Å². The van der Waals surface area contributed by atoms with Gasteiger partial charge in [0.25, 0.3) is 0 Å². The van der Waals surface area contributed by atoms with Crippen LogP contribution < -0.4 is 5.32 Å². The molecule has 1 N–H and O–H groups in total. The largest absolute Gasteiger partial charge is 0.465 e. The van der Waals surface area contributed by atoms with Crippen LogP contribution in [0.25, 0.3) is 6.08 Å². The van der Waals surface area contributed by atoms with E-state index in [9.17, 15) is 0 Å². The number of nitrogens with one attached hydrogen (secondary N) is 1. The summed E-state index contributed by atoms with van der Waals surface area (Å²) in [6, 6.07) is 8.11. The molecule has 3 heteroatoms. The van der Waals surface area contributed by atoms with Crippen molar-refractivity contribution in [3.63, 3.8) is 0 Å². The summed E-state index contributed by atoms with van der Waals surface area (Å²) in [6.45, 7) is 1.90. The summed E-state index contributed by atoms with van der Waals surface area (Å²) in [7, 11) is 0. The predicted molar refractivity (Wildman–Crippen MR) is 68.6 cm³/mol. The van der Waals surface area contributed by atoms with Crippen molar-refractivity contribution in [1.29, 1.82) is 0 Å². The molecular weight excluding hydrogens is 218 g/mol. The molecule has 0 spiro atoms. The van der Waals surface area contributed by atoms with Gasteiger partial charge in [0.05, 0.1) is 6.26 Å². The van der Waals surface area contributed by atoms with E-state index in [0.29, 0.717) is 0 Å². The van der Waals surface area contributed by atoms with Crippen molar-refractivity contribution < 1.29 is 4.42 Å². The molecule has 0 saturated heterocycles. The first-order chi connectivity index (χ1) is 7.95. The van der Waals surface area contributed by atoms with Gasteiger partial charge in [-0.3, -0.25) is 0 Å². The minimum Gasteiger partial charge on any atom is -0.465 e. The van der Waals surface area contributed by atoms with Crippen LogP contribution in [0, 0.1) is 0 Å². The predicted octanol–water partition coefficient (Wildman–Crippen LogP) is 3.19. The SMILES string of the molecule is C(=C\c1ccco1)/CNCCc1cccs1. The minimum atomic E-state index is 0.881. The monoisotopic (exact) mass is 233 g/mol. The third-order valence-electron chi connectivity index (χ3n) is 2.22. The van der Waals surface area contributed by atoms with Gasteiger partial charge in [0.2, 0.25) is 0 Å². The van der Waals surface area contributed by atoms with Crippen LogP contribution in [-0.2, 0) is 6.42 Å². The zero-order valence-electron chi connectivity index (χ0n) is 9.06. The van der Waals surface area contributed by atoms with Crippen molar-refractivity contribution in [3.05, 3.63) is 52.6 Å². The Bertz CT molecular complexity index is 403.